The average molecular weight is 460 g/mol. The van der Waals surface area contributed by atoms with E-state index in [2.05, 4.69) is 5.10 Å². The maximum atomic E-state index is 13.2. The third-order valence-electron chi connectivity index (χ3n) is 6.77. The lowest BCUT2D eigenvalue weighted by molar-refractivity contribution is 0.0697. The van der Waals surface area contributed by atoms with E-state index in [1.807, 2.05) is 55.5 Å². The normalized spacial score (nSPS) is 14.6. The topological polar surface area (TPSA) is 77.1 Å². The van der Waals surface area contributed by atoms with Gasteiger partial charge in [-0.1, -0.05) is 86.7 Å². The molecule has 1 fully saturated rings. The molecule has 2 aromatic carbocycles. The van der Waals surface area contributed by atoms with Gasteiger partial charge in [0.15, 0.2) is 0 Å². The summed E-state index contributed by atoms with van der Waals surface area (Å²) in [6.45, 7) is 3.08. The van der Waals surface area contributed by atoms with Crippen LogP contribution in [0.5, 0.6) is 0 Å². The van der Waals surface area contributed by atoms with Gasteiger partial charge >= 0.3 is 11.7 Å². The van der Waals surface area contributed by atoms with Crippen LogP contribution in [0.4, 0.5) is 0 Å². The van der Waals surface area contributed by atoms with Gasteiger partial charge in [-0.3, -0.25) is 4.57 Å². The molecule has 34 heavy (non-hydrogen) atoms. The Hall–Kier alpha value is -3.41. The van der Waals surface area contributed by atoms with E-state index in [-0.39, 0.29) is 11.3 Å². The monoisotopic (exact) mass is 459 g/mol. The zero-order chi connectivity index (χ0) is 23.9. The molecule has 178 valence electrons. The lowest BCUT2D eigenvalue weighted by Crippen LogP contribution is -2.27. The number of aryl methyl sites for hydroxylation is 1. The number of allylic oxidation sites excluding steroid dienone is 2. The molecule has 0 spiro atoms. The number of benzene rings is 2. The smallest absolute Gasteiger partial charge is 0.346 e. The molecule has 1 saturated carbocycles. The fourth-order valence-corrected chi connectivity index (χ4v) is 4.84. The summed E-state index contributed by atoms with van der Waals surface area (Å²) in [7, 11) is 0. The molecule has 6 heteroatoms. The Morgan fingerprint density at radius 1 is 1.09 bits per heavy atom. The number of carboxylic acids is 1. The minimum Gasteiger partial charge on any atom is -0.478 e. The van der Waals surface area contributed by atoms with Gasteiger partial charge in [0.05, 0.1) is 12.1 Å². The van der Waals surface area contributed by atoms with Gasteiger partial charge in [0.2, 0.25) is 0 Å². The lowest BCUT2D eigenvalue weighted by Gasteiger charge is -2.20. The second-order valence-corrected chi connectivity index (χ2v) is 9.12. The maximum absolute atomic E-state index is 13.2. The quantitative estimate of drug-likeness (QED) is 0.426. The summed E-state index contributed by atoms with van der Waals surface area (Å²) in [6.07, 6.45) is 12.1. The molecule has 1 aliphatic carbocycles. The first kappa shape index (κ1) is 23.7. The molecule has 0 bridgehead atoms. The highest BCUT2D eigenvalue weighted by atomic mass is 16.4. The lowest BCUT2D eigenvalue weighted by atomic mass is 9.87. The molecular formula is C28H33N3O3. The zero-order valence-corrected chi connectivity index (χ0v) is 19.8. The van der Waals surface area contributed by atoms with Gasteiger partial charge in [-0.2, -0.15) is 5.10 Å². The summed E-state index contributed by atoms with van der Waals surface area (Å²) < 4.78 is 3.41. The van der Waals surface area contributed by atoms with E-state index in [1.54, 1.807) is 21.4 Å². The fourth-order valence-electron chi connectivity index (χ4n) is 4.84. The Morgan fingerprint density at radius 3 is 2.53 bits per heavy atom. The molecule has 0 saturated heterocycles. The van der Waals surface area contributed by atoms with E-state index in [1.165, 1.54) is 32.1 Å². The zero-order valence-electron chi connectivity index (χ0n) is 19.8. The summed E-state index contributed by atoms with van der Waals surface area (Å²) in [5.74, 6) is 0.526. The highest BCUT2D eigenvalue weighted by Crippen LogP contribution is 2.27. The molecule has 3 aromatic rings. The molecule has 0 atom stereocenters. The van der Waals surface area contributed by atoms with Crippen molar-refractivity contribution in [2.45, 2.75) is 65.0 Å². The number of carbonyl (C=O) groups is 1. The summed E-state index contributed by atoms with van der Waals surface area (Å²) in [6, 6.07) is 14.7. The van der Waals surface area contributed by atoms with E-state index in [9.17, 15) is 14.7 Å². The molecule has 0 aliphatic heterocycles. The van der Waals surface area contributed by atoms with E-state index < -0.39 is 5.97 Å². The van der Waals surface area contributed by atoms with Crippen molar-refractivity contribution >= 4 is 5.97 Å². The van der Waals surface area contributed by atoms with Gasteiger partial charge in [-0.25, -0.2) is 14.3 Å². The van der Waals surface area contributed by atoms with E-state index in [0.717, 1.165) is 23.4 Å². The third kappa shape index (κ3) is 5.56. The number of aromatic nitrogens is 3. The first-order chi connectivity index (χ1) is 16.6. The maximum Gasteiger partial charge on any atom is 0.346 e. The van der Waals surface area contributed by atoms with Crippen molar-refractivity contribution < 1.29 is 9.90 Å². The minimum atomic E-state index is -0.944. The Morgan fingerprint density at radius 2 is 1.82 bits per heavy atom. The highest BCUT2D eigenvalue weighted by Gasteiger charge is 2.17. The van der Waals surface area contributed by atoms with Crippen LogP contribution < -0.4 is 5.69 Å². The molecule has 1 heterocycles. The standard InChI is InChI=1S/C28H33N3O3/c1-2-3-13-26-29-31(19-18-21-9-5-4-6-10-21)28(34)30(26)20-22-14-16-23(17-15-22)24-11-7-8-12-25(24)27(32)33/h2-3,7-8,11-12,14-17,21H,4-6,9-10,13,18-20H2,1H3,(H,32,33). The predicted octanol–water partition coefficient (Wildman–Crippen LogP) is 5.55. The molecule has 6 nitrogen and oxygen atoms in total. The number of nitrogens with zero attached hydrogens (tertiary/aromatic N) is 3. The average Bonchev–Trinajstić information content (AvgIpc) is 3.16. The molecule has 0 unspecified atom stereocenters. The van der Waals surface area contributed by atoms with Crippen LogP contribution in [0.2, 0.25) is 0 Å². The Bertz CT molecular complexity index is 1200. The number of hydrogen-bond acceptors (Lipinski definition) is 3. The van der Waals surface area contributed by atoms with Gasteiger partial charge in [0, 0.05) is 13.0 Å². The molecule has 1 aliphatic rings. The van der Waals surface area contributed by atoms with Crippen molar-refractivity contribution in [1.82, 2.24) is 14.3 Å². The largest absolute Gasteiger partial charge is 0.478 e. The van der Waals surface area contributed by atoms with Crippen LogP contribution in [-0.2, 0) is 19.5 Å². The summed E-state index contributed by atoms with van der Waals surface area (Å²) in [4.78, 5) is 24.8. The fraction of sp³-hybridized carbons (Fsp3) is 0.393. The van der Waals surface area contributed by atoms with E-state index in [0.29, 0.717) is 31.0 Å². The van der Waals surface area contributed by atoms with Crippen LogP contribution in [-0.4, -0.2) is 25.4 Å². The van der Waals surface area contributed by atoms with Crippen molar-refractivity contribution in [3.05, 3.63) is 88.1 Å². The molecule has 0 amide bonds. The van der Waals surface area contributed by atoms with Gasteiger partial charge in [-0.05, 0) is 42.0 Å². The van der Waals surface area contributed by atoms with Gasteiger partial charge in [0.1, 0.15) is 5.82 Å². The van der Waals surface area contributed by atoms with E-state index in [4.69, 9.17) is 0 Å². The predicted molar refractivity (Wildman–Crippen MR) is 134 cm³/mol. The first-order valence-electron chi connectivity index (χ1n) is 12.3. The summed E-state index contributed by atoms with van der Waals surface area (Å²) in [5, 5.41) is 14.2. The number of rotatable bonds is 9. The van der Waals surface area contributed by atoms with Crippen LogP contribution in [0.15, 0.2) is 65.5 Å². The Labute approximate surface area is 200 Å². The van der Waals surface area contributed by atoms with Crippen LogP contribution in [0, 0.1) is 5.92 Å². The second-order valence-electron chi connectivity index (χ2n) is 9.12. The van der Waals surface area contributed by atoms with Crippen molar-refractivity contribution in [2.75, 3.05) is 0 Å². The Kier molecular flexibility index (Phi) is 7.78. The van der Waals surface area contributed by atoms with Gasteiger partial charge in [-0.15, -0.1) is 0 Å². The van der Waals surface area contributed by atoms with Crippen molar-refractivity contribution in [1.29, 1.82) is 0 Å². The Balaban J connectivity index is 1.54. The van der Waals surface area contributed by atoms with Crippen molar-refractivity contribution in [3.63, 3.8) is 0 Å². The number of aromatic carboxylic acids is 1. The third-order valence-corrected chi connectivity index (χ3v) is 6.77. The molecule has 1 aromatic heterocycles. The summed E-state index contributed by atoms with van der Waals surface area (Å²) >= 11 is 0. The van der Waals surface area contributed by atoms with Gasteiger partial charge < -0.3 is 5.11 Å². The number of carboxylic acid groups (broad SMARTS) is 1. The van der Waals surface area contributed by atoms with Crippen molar-refractivity contribution in [3.8, 4) is 11.1 Å². The summed E-state index contributed by atoms with van der Waals surface area (Å²) in [5.41, 5.74) is 2.72. The minimum absolute atomic E-state index is 0.0596. The van der Waals surface area contributed by atoms with Gasteiger partial charge in [0.25, 0.3) is 0 Å². The van der Waals surface area contributed by atoms with Crippen molar-refractivity contribution in [2.24, 2.45) is 5.92 Å². The SMILES string of the molecule is CC=CCc1nn(CCC2CCCCC2)c(=O)n1Cc1ccc(-c2ccccc2C(=O)O)cc1. The molecule has 0 radical (unpaired) electrons. The van der Waals surface area contributed by atoms with Crippen LogP contribution in [0.1, 0.15) is 67.2 Å². The van der Waals surface area contributed by atoms with Crippen LogP contribution >= 0.6 is 0 Å². The van der Waals surface area contributed by atoms with E-state index >= 15 is 0 Å². The van der Waals surface area contributed by atoms with Crippen LogP contribution in [0.25, 0.3) is 11.1 Å². The highest BCUT2D eigenvalue weighted by molar-refractivity contribution is 5.95. The second kappa shape index (κ2) is 11.1. The van der Waals surface area contributed by atoms with Crippen LogP contribution in [0.3, 0.4) is 0 Å². The molecular weight excluding hydrogens is 426 g/mol. The molecule has 1 N–H and O–H groups in total. The number of hydrogen-bond donors (Lipinski definition) is 1. The molecule has 4 rings (SSSR count). The first-order valence-corrected chi connectivity index (χ1v) is 12.3.